The minimum atomic E-state index is -0.828. The molecule has 0 radical (unpaired) electrons. The number of carboxylic acid groups (broad SMARTS) is 1. The van der Waals surface area contributed by atoms with E-state index in [1.165, 1.54) is 11.8 Å². The van der Waals surface area contributed by atoms with Crippen molar-refractivity contribution in [2.75, 3.05) is 12.9 Å². The Kier molecular flexibility index (Phi) is 6.74. The maximum absolute atomic E-state index is 12.0. The lowest BCUT2D eigenvalue weighted by atomic mass is 10.2. The van der Waals surface area contributed by atoms with Crippen molar-refractivity contribution < 1.29 is 23.8 Å². The Bertz CT molecular complexity index is 681. The summed E-state index contributed by atoms with van der Waals surface area (Å²) < 4.78 is 10.8. The number of carbonyl (C=O) groups is 2. The van der Waals surface area contributed by atoms with Gasteiger partial charge >= 0.3 is 5.97 Å². The van der Waals surface area contributed by atoms with E-state index >= 15 is 0 Å². The standard InChI is InChI=1S/C17H19NO5S/c1-24-16-9-8-14(23-16)17(21)18-11-12-4-6-13(7-5-12)22-10-2-3-15(19)20/h4-9H,2-3,10-11H2,1H3,(H,18,21)(H,19,20). The van der Waals surface area contributed by atoms with Gasteiger partial charge in [0.05, 0.1) is 6.61 Å². The molecule has 0 aliphatic rings. The zero-order valence-electron chi connectivity index (χ0n) is 13.3. The summed E-state index contributed by atoms with van der Waals surface area (Å²) in [6.07, 6.45) is 2.44. The molecule has 0 fully saturated rings. The number of rotatable bonds is 9. The zero-order valence-corrected chi connectivity index (χ0v) is 14.1. The molecule has 24 heavy (non-hydrogen) atoms. The smallest absolute Gasteiger partial charge is 0.303 e. The lowest BCUT2D eigenvalue weighted by molar-refractivity contribution is -0.137. The number of aliphatic carboxylic acids is 1. The SMILES string of the molecule is CSc1ccc(C(=O)NCc2ccc(OCCCC(=O)O)cc2)o1. The molecule has 128 valence electrons. The number of thioether (sulfide) groups is 1. The van der Waals surface area contributed by atoms with E-state index in [1.807, 2.05) is 18.4 Å². The molecule has 0 bridgehead atoms. The van der Waals surface area contributed by atoms with Crippen molar-refractivity contribution in [1.82, 2.24) is 5.32 Å². The maximum atomic E-state index is 12.0. The highest BCUT2D eigenvalue weighted by atomic mass is 32.2. The fourth-order valence-electron chi connectivity index (χ4n) is 1.94. The number of nitrogens with one attached hydrogen (secondary N) is 1. The van der Waals surface area contributed by atoms with Crippen molar-refractivity contribution >= 4 is 23.6 Å². The first kappa shape index (κ1) is 17.9. The van der Waals surface area contributed by atoms with Crippen LogP contribution in [0.2, 0.25) is 0 Å². The first-order valence-corrected chi connectivity index (χ1v) is 8.66. The van der Waals surface area contributed by atoms with Crippen LogP contribution in [0.15, 0.2) is 45.9 Å². The second-order valence-electron chi connectivity index (χ2n) is 5.00. The Balaban J connectivity index is 1.77. The van der Waals surface area contributed by atoms with E-state index in [2.05, 4.69) is 5.32 Å². The lowest BCUT2D eigenvalue weighted by Crippen LogP contribution is -2.22. The van der Waals surface area contributed by atoms with E-state index < -0.39 is 5.97 Å². The van der Waals surface area contributed by atoms with Gasteiger partial charge in [-0.25, -0.2) is 0 Å². The first-order chi connectivity index (χ1) is 11.6. The Hall–Kier alpha value is -2.41. The highest BCUT2D eigenvalue weighted by Crippen LogP contribution is 2.18. The number of furan rings is 1. The molecule has 0 atom stereocenters. The monoisotopic (exact) mass is 349 g/mol. The number of carboxylic acids is 1. The van der Waals surface area contributed by atoms with Crippen LogP contribution in [0.5, 0.6) is 5.75 Å². The van der Waals surface area contributed by atoms with E-state index in [0.717, 1.165) is 5.56 Å². The largest absolute Gasteiger partial charge is 0.494 e. The summed E-state index contributed by atoms with van der Waals surface area (Å²) in [7, 11) is 0. The van der Waals surface area contributed by atoms with Gasteiger partial charge in [-0.3, -0.25) is 9.59 Å². The second-order valence-corrected chi connectivity index (χ2v) is 5.81. The van der Waals surface area contributed by atoms with Crippen LogP contribution in [0.25, 0.3) is 0 Å². The Morgan fingerprint density at radius 3 is 2.58 bits per heavy atom. The highest BCUT2D eigenvalue weighted by molar-refractivity contribution is 7.98. The Labute approximate surface area is 144 Å². The number of hydrogen-bond acceptors (Lipinski definition) is 5. The number of ether oxygens (including phenoxy) is 1. The predicted molar refractivity (Wildman–Crippen MR) is 90.5 cm³/mol. The molecule has 1 aromatic carbocycles. The van der Waals surface area contributed by atoms with Gasteiger partial charge in [-0.05, 0) is 42.5 Å². The fraction of sp³-hybridized carbons (Fsp3) is 0.294. The van der Waals surface area contributed by atoms with Crippen LogP contribution >= 0.6 is 11.8 Å². The van der Waals surface area contributed by atoms with Crippen molar-refractivity contribution in [3.63, 3.8) is 0 Å². The van der Waals surface area contributed by atoms with Crippen LogP contribution in [0, 0.1) is 0 Å². The molecule has 1 aromatic heterocycles. The molecule has 2 N–H and O–H groups in total. The van der Waals surface area contributed by atoms with E-state index in [9.17, 15) is 9.59 Å². The third kappa shape index (κ3) is 5.66. The van der Waals surface area contributed by atoms with Gasteiger partial charge in [-0.15, -0.1) is 0 Å². The average Bonchev–Trinajstić information content (AvgIpc) is 3.07. The zero-order chi connectivity index (χ0) is 17.4. The van der Waals surface area contributed by atoms with Gasteiger partial charge in [0, 0.05) is 13.0 Å². The summed E-state index contributed by atoms with van der Waals surface area (Å²) in [5, 5.41) is 12.0. The molecule has 6 nitrogen and oxygen atoms in total. The molecule has 0 spiro atoms. The van der Waals surface area contributed by atoms with Crippen LogP contribution < -0.4 is 10.1 Å². The van der Waals surface area contributed by atoms with Crippen molar-refractivity contribution in [1.29, 1.82) is 0 Å². The van der Waals surface area contributed by atoms with Gasteiger partial charge < -0.3 is 19.6 Å². The van der Waals surface area contributed by atoms with Crippen molar-refractivity contribution in [2.24, 2.45) is 0 Å². The van der Waals surface area contributed by atoms with Crippen LogP contribution in [0.3, 0.4) is 0 Å². The van der Waals surface area contributed by atoms with Gasteiger partial charge in [-0.2, -0.15) is 0 Å². The summed E-state index contributed by atoms with van der Waals surface area (Å²) in [6, 6.07) is 10.7. The molecular formula is C17H19NO5S. The number of benzene rings is 1. The average molecular weight is 349 g/mol. The van der Waals surface area contributed by atoms with Gasteiger partial charge in [-0.1, -0.05) is 23.9 Å². The third-order valence-corrected chi connectivity index (χ3v) is 3.81. The molecule has 1 amide bonds. The van der Waals surface area contributed by atoms with Gasteiger partial charge in [0.2, 0.25) is 0 Å². The number of amides is 1. The van der Waals surface area contributed by atoms with Crippen molar-refractivity contribution in [3.05, 3.63) is 47.7 Å². The number of carbonyl (C=O) groups excluding carboxylic acids is 1. The van der Waals surface area contributed by atoms with Crippen LogP contribution in [0.1, 0.15) is 29.0 Å². The van der Waals surface area contributed by atoms with Gasteiger partial charge in [0.15, 0.2) is 10.9 Å². The fourth-order valence-corrected chi connectivity index (χ4v) is 2.32. The van der Waals surface area contributed by atoms with Gasteiger partial charge in [0.1, 0.15) is 5.75 Å². The minimum Gasteiger partial charge on any atom is -0.494 e. The quantitative estimate of drug-likeness (QED) is 0.534. The second kappa shape index (κ2) is 9.02. The maximum Gasteiger partial charge on any atom is 0.303 e. The summed E-state index contributed by atoms with van der Waals surface area (Å²) in [4.78, 5) is 22.4. The minimum absolute atomic E-state index is 0.0924. The molecule has 0 aliphatic carbocycles. The molecule has 2 rings (SSSR count). The molecular weight excluding hydrogens is 330 g/mol. The molecule has 1 heterocycles. The molecule has 0 aliphatic heterocycles. The Morgan fingerprint density at radius 1 is 1.21 bits per heavy atom. The number of hydrogen-bond donors (Lipinski definition) is 2. The molecule has 0 unspecified atom stereocenters. The van der Waals surface area contributed by atoms with Crippen molar-refractivity contribution in [2.45, 2.75) is 24.5 Å². The molecule has 0 saturated carbocycles. The summed E-state index contributed by atoms with van der Waals surface area (Å²) >= 11 is 1.44. The lowest BCUT2D eigenvalue weighted by Gasteiger charge is -2.07. The van der Waals surface area contributed by atoms with Gasteiger partial charge in [0.25, 0.3) is 5.91 Å². The molecule has 7 heteroatoms. The highest BCUT2D eigenvalue weighted by Gasteiger charge is 2.10. The van der Waals surface area contributed by atoms with Crippen LogP contribution in [-0.2, 0) is 11.3 Å². The van der Waals surface area contributed by atoms with E-state index in [-0.39, 0.29) is 18.1 Å². The molecule has 2 aromatic rings. The van der Waals surface area contributed by atoms with E-state index in [1.54, 1.807) is 24.3 Å². The topological polar surface area (TPSA) is 88.8 Å². The molecule has 0 saturated heterocycles. The summed E-state index contributed by atoms with van der Waals surface area (Å²) in [5.74, 6) is -0.126. The normalized spacial score (nSPS) is 10.4. The first-order valence-electron chi connectivity index (χ1n) is 7.44. The van der Waals surface area contributed by atoms with Crippen LogP contribution in [0.4, 0.5) is 0 Å². The third-order valence-electron chi connectivity index (χ3n) is 3.19. The van der Waals surface area contributed by atoms with E-state index in [4.69, 9.17) is 14.3 Å². The Morgan fingerprint density at radius 2 is 1.96 bits per heavy atom. The summed E-state index contributed by atoms with van der Waals surface area (Å²) in [6.45, 7) is 0.742. The van der Waals surface area contributed by atoms with E-state index in [0.29, 0.717) is 30.4 Å². The van der Waals surface area contributed by atoms with Crippen molar-refractivity contribution in [3.8, 4) is 5.75 Å². The summed E-state index contributed by atoms with van der Waals surface area (Å²) in [5.41, 5.74) is 0.929. The van der Waals surface area contributed by atoms with Crippen LogP contribution in [-0.4, -0.2) is 29.8 Å². The predicted octanol–water partition coefficient (Wildman–Crippen LogP) is 3.18.